The molecule has 1 heterocycles. The fourth-order valence-corrected chi connectivity index (χ4v) is 2.49. The van der Waals surface area contributed by atoms with Gasteiger partial charge in [0, 0.05) is 37.4 Å². The van der Waals surface area contributed by atoms with Crippen LogP contribution >= 0.6 is 0 Å². The number of imidazole rings is 1. The number of aromatic nitrogens is 2. The third kappa shape index (κ3) is 3.67. The summed E-state index contributed by atoms with van der Waals surface area (Å²) >= 11 is 0. The first-order valence-corrected chi connectivity index (χ1v) is 7.60. The summed E-state index contributed by atoms with van der Waals surface area (Å²) in [5.74, 6) is 0.0662. The Labute approximate surface area is 130 Å². The van der Waals surface area contributed by atoms with Crippen LogP contribution in [-0.2, 0) is 17.9 Å². The molecule has 0 bridgehead atoms. The number of nitrogens with one attached hydrogen (secondary N) is 1. The second kappa shape index (κ2) is 7.11. The Bertz CT molecular complexity index is 686. The van der Waals surface area contributed by atoms with Crippen molar-refractivity contribution < 1.29 is 4.79 Å². The van der Waals surface area contributed by atoms with Crippen molar-refractivity contribution in [1.82, 2.24) is 14.5 Å². The summed E-state index contributed by atoms with van der Waals surface area (Å²) in [6, 6.07) is 9.93. The highest BCUT2D eigenvalue weighted by molar-refractivity contribution is 5.76. The largest absolute Gasteiger partial charge is 0.339 e. The van der Waals surface area contributed by atoms with E-state index in [0.717, 1.165) is 17.0 Å². The number of carbonyl (C=O) groups is 1. The van der Waals surface area contributed by atoms with Gasteiger partial charge in [0.15, 0.2) is 0 Å². The number of carbonyl (C=O) groups excluding carboxylic acids is 1. The molecule has 5 nitrogen and oxygen atoms in total. The first-order valence-electron chi connectivity index (χ1n) is 7.60. The van der Waals surface area contributed by atoms with E-state index in [0.29, 0.717) is 26.1 Å². The zero-order chi connectivity index (χ0) is 16.1. The number of aromatic amines is 1. The molecule has 0 spiro atoms. The van der Waals surface area contributed by atoms with E-state index < -0.39 is 0 Å². The average molecular weight is 301 g/mol. The third-order valence-electron chi connectivity index (χ3n) is 3.99. The Morgan fingerprint density at radius 3 is 2.45 bits per heavy atom. The SMILES string of the molecule is CCN(Cc1ccccc1)C(=O)CCn1c(C)c(C)[nH]c1=O. The summed E-state index contributed by atoms with van der Waals surface area (Å²) in [5, 5.41) is 0. The van der Waals surface area contributed by atoms with Crippen LogP contribution < -0.4 is 5.69 Å². The molecule has 0 saturated heterocycles. The van der Waals surface area contributed by atoms with Gasteiger partial charge in [-0.1, -0.05) is 30.3 Å². The number of H-pyrrole nitrogens is 1. The van der Waals surface area contributed by atoms with Crippen molar-refractivity contribution in [2.24, 2.45) is 0 Å². The zero-order valence-corrected chi connectivity index (χ0v) is 13.4. The fraction of sp³-hybridized carbons (Fsp3) is 0.412. The van der Waals surface area contributed by atoms with Crippen molar-refractivity contribution in [3.8, 4) is 0 Å². The van der Waals surface area contributed by atoms with Crippen molar-refractivity contribution in [2.75, 3.05) is 6.54 Å². The monoisotopic (exact) mass is 301 g/mol. The van der Waals surface area contributed by atoms with Crippen LogP contribution in [0.25, 0.3) is 0 Å². The number of hydrogen-bond donors (Lipinski definition) is 1. The van der Waals surface area contributed by atoms with Crippen molar-refractivity contribution in [1.29, 1.82) is 0 Å². The molecule has 0 aliphatic heterocycles. The minimum Gasteiger partial charge on any atom is -0.339 e. The topological polar surface area (TPSA) is 58.1 Å². The molecule has 1 aromatic carbocycles. The molecule has 5 heteroatoms. The summed E-state index contributed by atoms with van der Waals surface area (Å²) in [4.78, 5) is 28.7. The van der Waals surface area contributed by atoms with Gasteiger partial charge in [0.05, 0.1) is 0 Å². The Morgan fingerprint density at radius 2 is 1.91 bits per heavy atom. The maximum absolute atomic E-state index is 12.4. The van der Waals surface area contributed by atoms with Crippen LogP contribution in [0.5, 0.6) is 0 Å². The molecule has 22 heavy (non-hydrogen) atoms. The molecule has 0 aliphatic rings. The molecule has 2 rings (SSSR count). The number of rotatable bonds is 6. The van der Waals surface area contributed by atoms with Gasteiger partial charge < -0.3 is 9.88 Å². The van der Waals surface area contributed by atoms with E-state index in [9.17, 15) is 9.59 Å². The van der Waals surface area contributed by atoms with E-state index >= 15 is 0 Å². The lowest BCUT2D eigenvalue weighted by atomic mass is 10.2. The molecule has 1 N–H and O–H groups in total. The van der Waals surface area contributed by atoms with Gasteiger partial charge in [-0.15, -0.1) is 0 Å². The standard InChI is InChI=1S/C17H23N3O2/c1-4-19(12-15-8-6-5-7-9-15)16(21)10-11-20-14(3)13(2)18-17(20)22/h5-9H,4,10-12H2,1-3H3,(H,18,22). The van der Waals surface area contributed by atoms with Gasteiger partial charge in [-0.2, -0.15) is 0 Å². The lowest BCUT2D eigenvalue weighted by Crippen LogP contribution is -2.32. The number of hydrogen-bond acceptors (Lipinski definition) is 2. The minimum atomic E-state index is -0.145. The molecule has 0 aliphatic carbocycles. The molecular formula is C17H23N3O2. The van der Waals surface area contributed by atoms with Crippen LogP contribution in [0.3, 0.4) is 0 Å². The molecule has 1 aromatic heterocycles. The van der Waals surface area contributed by atoms with E-state index in [1.165, 1.54) is 0 Å². The van der Waals surface area contributed by atoms with Crippen LogP contribution in [0.15, 0.2) is 35.1 Å². The highest BCUT2D eigenvalue weighted by atomic mass is 16.2. The average Bonchev–Trinajstić information content (AvgIpc) is 2.76. The Balaban J connectivity index is 1.99. The summed E-state index contributed by atoms with van der Waals surface area (Å²) in [5.41, 5.74) is 2.72. The Kier molecular flexibility index (Phi) is 5.20. The maximum atomic E-state index is 12.4. The van der Waals surface area contributed by atoms with E-state index in [1.54, 1.807) is 4.57 Å². The van der Waals surface area contributed by atoms with Gasteiger partial charge in [-0.25, -0.2) is 4.79 Å². The third-order valence-corrected chi connectivity index (χ3v) is 3.99. The second-order valence-electron chi connectivity index (χ2n) is 5.44. The van der Waals surface area contributed by atoms with Gasteiger partial charge >= 0.3 is 5.69 Å². The summed E-state index contributed by atoms with van der Waals surface area (Å²) < 4.78 is 1.63. The Morgan fingerprint density at radius 1 is 1.23 bits per heavy atom. The van der Waals surface area contributed by atoms with Crippen molar-refractivity contribution >= 4 is 5.91 Å². The van der Waals surface area contributed by atoms with Gasteiger partial charge in [-0.05, 0) is 26.3 Å². The maximum Gasteiger partial charge on any atom is 0.325 e. The van der Waals surface area contributed by atoms with Crippen LogP contribution in [0, 0.1) is 13.8 Å². The van der Waals surface area contributed by atoms with E-state index in [2.05, 4.69) is 4.98 Å². The lowest BCUT2D eigenvalue weighted by molar-refractivity contribution is -0.131. The minimum absolute atomic E-state index is 0.0662. The molecule has 0 saturated carbocycles. The fourth-order valence-electron chi connectivity index (χ4n) is 2.49. The zero-order valence-electron chi connectivity index (χ0n) is 13.4. The highest BCUT2D eigenvalue weighted by Gasteiger charge is 2.14. The second-order valence-corrected chi connectivity index (χ2v) is 5.44. The van der Waals surface area contributed by atoms with Crippen LogP contribution in [0.4, 0.5) is 0 Å². The van der Waals surface area contributed by atoms with Crippen molar-refractivity contribution in [3.05, 3.63) is 57.8 Å². The molecule has 1 amide bonds. The van der Waals surface area contributed by atoms with Gasteiger partial charge in [0.25, 0.3) is 0 Å². The Hall–Kier alpha value is -2.30. The molecule has 0 fully saturated rings. The van der Waals surface area contributed by atoms with Gasteiger partial charge in [0.1, 0.15) is 0 Å². The number of nitrogens with zero attached hydrogens (tertiary/aromatic N) is 2. The predicted octanol–water partition coefficient (Wildman–Crippen LogP) is 2.23. The van der Waals surface area contributed by atoms with Gasteiger partial charge in [0.2, 0.25) is 5.91 Å². The normalized spacial score (nSPS) is 10.7. The molecule has 0 radical (unpaired) electrons. The number of amides is 1. The van der Waals surface area contributed by atoms with Gasteiger partial charge in [-0.3, -0.25) is 9.36 Å². The van der Waals surface area contributed by atoms with Crippen LogP contribution in [0.2, 0.25) is 0 Å². The predicted molar refractivity (Wildman–Crippen MR) is 86.7 cm³/mol. The molecule has 0 atom stereocenters. The van der Waals surface area contributed by atoms with Crippen LogP contribution in [0.1, 0.15) is 30.3 Å². The molecule has 0 unspecified atom stereocenters. The quantitative estimate of drug-likeness (QED) is 0.889. The van der Waals surface area contributed by atoms with Crippen molar-refractivity contribution in [2.45, 2.75) is 40.3 Å². The first kappa shape index (κ1) is 16.1. The van der Waals surface area contributed by atoms with E-state index in [1.807, 2.05) is 56.0 Å². The number of benzene rings is 1. The summed E-state index contributed by atoms with van der Waals surface area (Å²) in [6.45, 7) is 7.41. The first-order chi connectivity index (χ1) is 10.5. The van der Waals surface area contributed by atoms with E-state index in [-0.39, 0.29) is 11.6 Å². The van der Waals surface area contributed by atoms with E-state index in [4.69, 9.17) is 0 Å². The highest BCUT2D eigenvalue weighted by Crippen LogP contribution is 2.07. The smallest absolute Gasteiger partial charge is 0.325 e. The summed E-state index contributed by atoms with van der Waals surface area (Å²) in [7, 11) is 0. The van der Waals surface area contributed by atoms with Crippen molar-refractivity contribution in [3.63, 3.8) is 0 Å². The number of aryl methyl sites for hydroxylation is 1. The van der Waals surface area contributed by atoms with Crippen LogP contribution in [-0.4, -0.2) is 26.9 Å². The lowest BCUT2D eigenvalue weighted by Gasteiger charge is -2.21. The molecule has 118 valence electrons. The molecule has 2 aromatic rings. The molecular weight excluding hydrogens is 278 g/mol. The summed E-state index contributed by atoms with van der Waals surface area (Å²) in [6.07, 6.45) is 0.332.